The van der Waals surface area contributed by atoms with Gasteiger partial charge in [0.2, 0.25) is 11.8 Å². The van der Waals surface area contributed by atoms with Crippen LogP contribution < -0.4 is 15.0 Å². The highest BCUT2D eigenvalue weighted by Crippen LogP contribution is 2.27. The van der Waals surface area contributed by atoms with E-state index in [1.165, 1.54) is 0 Å². The Morgan fingerprint density at radius 2 is 1.68 bits per heavy atom. The minimum absolute atomic E-state index is 0.0430. The van der Waals surface area contributed by atoms with Crippen molar-refractivity contribution in [2.24, 2.45) is 0 Å². The maximum Gasteiger partial charge on any atom is 0.244 e. The van der Waals surface area contributed by atoms with Crippen molar-refractivity contribution in [3.63, 3.8) is 0 Å². The molecule has 0 saturated heterocycles. The van der Waals surface area contributed by atoms with Gasteiger partial charge in [-0.3, -0.25) is 14.5 Å². The Morgan fingerprint density at radius 3 is 2.35 bits per heavy atom. The zero-order valence-electron chi connectivity index (χ0n) is 18.5. The monoisotopic (exact) mass is 419 g/mol. The molecule has 3 aromatic carbocycles. The third-order valence-electron chi connectivity index (χ3n) is 5.43. The van der Waals surface area contributed by atoms with Crippen LogP contribution in [0.4, 0.5) is 11.4 Å². The Morgan fingerprint density at radius 1 is 1.00 bits per heavy atom. The van der Waals surface area contributed by atoms with Gasteiger partial charge in [-0.2, -0.15) is 0 Å². The second-order valence-corrected chi connectivity index (χ2v) is 7.45. The van der Waals surface area contributed by atoms with Crippen LogP contribution in [0.15, 0.2) is 66.7 Å². The summed E-state index contributed by atoms with van der Waals surface area (Å²) in [6.45, 7) is 4.44. The van der Waals surface area contributed by atoms with Gasteiger partial charge in [0.15, 0.2) is 0 Å². The van der Waals surface area contributed by atoms with Crippen LogP contribution in [0.1, 0.15) is 13.8 Å². The van der Waals surface area contributed by atoms with Crippen LogP contribution in [0, 0.1) is 0 Å². The molecule has 31 heavy (non-hydrogen) atoms. The molecule has 0 bridgehead atoms. The lowest BCUT2D eigenvalue weighted by molar-refractivity contribution is -0.124. The van der Waals surface area contributed by atoms with Gasteiger partial charge in [-0.25, -0.2) is 0 Å². The molecule has 0 fully saturated rings. The van der Waals surface area contributed by atoms with Gasteiger partial charge < -0.3 is 15.0 Å². The van der Waals surface area contributed by atoms with Crippen LogP contribution in [0.2, 0.25) is 0 Å². The number of nitrogens with zero attached hydrogens (tertiary/aromatic N) is 2. The summed E-state index contributed by atoms with van der Waals surface area (Å²) in [5.41, 5.74) is 1.57. The summed E-state index contributed by atoms with van der Waals surface area (Å²) < 4.78 is 5.13. The van der Waals surface area contributed by atoms with Crippen LogP contribution in [-0.2, 0) is 9.59 Å². The van der Waals surface area contributed by atoms with Crippen molar-refractivity contribution in [3.8, 4) is 5.75 Å². The molecular formula is C25H29N3O3. The number of benzene rings is 3. The molecule has 0 aliphatic carbocycles. The number of hydrogen-bond donors (Lipinski definition) is 1. The maximum atomic E-state index is 13.3. The van der Waals surface area contributed by atoms with Crippen molar-refractivity contribution in [3.05, 3.63) is 66.7 Å². The van der Waals surface area contributed by atoms with Crippen LogP contribution >= 0.6 is 0 Å². The van der Waals surface area contributed by atoms with Gasteiger partial charge in [0.1, 0.15) is 5.75 Å². The minimum Gasteiger partial charge on any atom is -0.497 e. The third-order valence-corrected chi connectivity index (χ3v) is 5.43. The Bertz CT molecular complexity index is 1040. The summed E-state index contributed by atoms with van der Waals surface area (Å²) in [5, 5.41) is 4.98. The normalized spacial score (nSPS) is 11.9. The molecule has 3 rings (SSSR count). The molecule has 0 saturated carbocycles. The summed E-state index contributed by atoms with van der Waals surface area (Å²) in [6, 6.07) is 20.7. The number of anilines is 2. The van der Waals surface area contributed by atoms with Crippen molar-refractivity contribution in [1.29, 1.82) is 0 Å². The molecule has 6 heteroatoms. The number of ether oxygens (including phenoxy) is 1. The molecule has 162 valence electrons. The van der Waals surface area contributed by atoms with Crippen molar-refractivity contribution in [2.75, 3.05) is 37.5 Å². The number of nitrogens with one attached hydrogen (secondary N) is 1. The van der Waals surface area contributed by atoms with Gasteiger partial charge in [-0.15, -0.1) is 0 Å². The number of fused-ring (bicyclic) bond motifs is 1. The average Bonchev–Trinajstić information content (AvgIpc) is 2.79. The lowest BCUT2D eigenvalue weighted by Crippen LogP contribution is -2.48. The first-order valence-corrected chi connectivity index (χ1v) is 10.4. The SMILES string of the molecule is CCN(C(=O)C(C)N(C)CC(=O)Nc1ccc(OC)cc1)c1cccc2ccccc12. The molecule has 3 aromatic rings. The molecule has 1 atom stereocenters. The van der Waals surface area contributed by atoms with Gasteiger partial charge in [-0.05, 0) is 56.6 Å². The second-order valence-electron chi connectivity index (χ2n) is 7.45. The first-order valence-electron chi connectivity index (χ1n) is 10.4. The van der Waals surface area contributed by atoms with Gasteiger partial charge in [0.05, 0.1) is 25.4 Å². The Labute approximate surface area is 183 Å². The number of likely N-dealkylation sites (N-methyl/N-ethyl adjacent to an activating group) is 2. The number of amides is 2. The van der Waals surface area contributed by atoms with Crippen molar-refractivity contribution < 1.29 is 14.3 Å². The fourth-order valence-electron chi connectivity index (χ4n) is 3.54. The van der Waals surface area contributed by atoms with Crippen molar-refractivity contribution in [2.45, 2.75) is 19.9 Å². The fourth-order valence-corrected chi connectivity index (χ4v) is 3.54. The van der Waals surface area contributed by atoms with Crippen LogP contribution in [0.25, 0.3) is 10.8 Å². The molecule has 2 amide bonds. The van der Waals surface area contributed by atoms with Gasteiger partial charge >= 0.3 is 0 Å². The van der Waals surface area contributed by atoms with Crippen LogP contribution in [0.5, 0.6) is 5.75 Å². The van der Waals surface area contributed by atoms with E-state index in [0.29, 0.717) is 12.2 Å². The zero-order chi connectivity index (χ0) is 22.4. The topological polar surface area (TPSA) is 61.9 Å². The lowest BCUT2D eigenvalue weighted by atomic mass is 10.1. The second kappa shape index (κ2) is 10.1. The summed E-state index contributed by atoms with van der Waals surface area (Å²) >= 11 is 0. The van der Waals surface area contributed by atoms with Crippen molar-refractivity contribution >= 4 is 34.0 Å². The number of rotatable bonds is 8. The number of carbonyl (C=O) groups is 2. The standard InChI is InChI=1S/C25H29N3O3/c1-5-28(23-12-8-10-19-9-6-7-11-22(19)23)25(30)18(2)27(3)17-24(29)26-20-13-15-21(31-4)16-14-20/h6-16,18H,5,17H2,1-4H3,(H,26,29). The van der Waals surface area contributed by atoms with Gasteiger partial charge in [0.25, 0.3) is 0 Å². The highest BCUT2D eigenvalue weighted by molar-refractivity contribution is 6.05. The quantitative estimate of drug-likeness (QED) is 0.596. The first-order chi connectivity index (χ1) is 14.9. The molecule has 0 aromatic heterocycles. The molecule has 0 aliphatic heterocycles. The molecule has 1 unspecified atom stereocenters. The van der Waals surface area contributed by atoms with Crippen LogP contribution in [-0.4, -0.2) is 50.0 Å². The first kappa shape index (κ1) is 22.3. The van der Waals surface area contributed by atoms with Crippen molar-refractivity contribution in [1.82, 2.24) is 4.90 Å². The molecule has 0 spiro atoms. The third kappa shape index (κ3) is 5.22. The smallest absolute Gasteiger partial charge is 0.244 e. The summed E-state index contributed by atoms with van der Waals surface area (Å²) in [6.07, 6.45) is 0. The van der Waals surface area contributed by atoms with E-state index in [1.807, 2.05) is 56.3 Å². The number of methoxy groups -OCH3 is 1. The molecule has 6 nitrogen and oxygen atoms in total. The summed E-state index contributed by atoms with van der Waals surface area (Å²) in [7, 11) is 3.38. The highest BCUT2D eigenvalue weighted by atomic mass is 16.5. The van der Waals surface area contributed by atoms with E-state index in [0.717, 1.165) is 22.2 Å². The lowest BCUT2D eigenvalue weighted by Gasteiger charge is -2.30. The van der Waals surface area contributed by atoms with Gasteiger partial charge in [0, 0.05) is 17.6 Å². The van der Waals surface area contributed by atoms with E-state index in [4.69, 9.17) is 4.74 Å². The van der Waals surface area contributed by atoms with E-state index < -0.39 is 6.04 Å². The molecular weight excluding hydrogens is 390 g/mol. The zero-order valence-corrected chi connectivity index (χ0v) is 18.5. The molecule has 1 N–H and O–H groups in total. The average molecular weight is 420 g/mol. The van der Waals surface area contributed by atoms with E-state index in [1.54, 1.807) is 48.2 Å². The minimum atomic E-state index is -0.458. The number of carbonyl (C=O) groups excluding carboxylic acids is 2. The fraction of sp³-hybridized carbons (Fsp3) is 0.280. The molecule has 0 radical (unpaired) electrons. The largest absolute Gasteiger partial charge is 0.497 e. The summed E-state index contributed by atoms with van der Waals surface area (Å²) in [4.78, 5) is 29.3. The predicted molar refractivity (Wildman–Crippen MR) is 126 cm³/mol. The van der Waals surface area contributed by atoms with E-state index in [9.17, 15) is 9.59 Å². The molecule has 0 heterocycles. The predicted octanol–water partition coefficient (Wildman–Crippen LogP) is 4.16. The van der Waals surface area contributed by atoms with E-state index >= 15 is 0 Å². The maximum absolute atomic E-state index is 13.3. The van der Waals surface area contributed by atoms with Gasteiger partial charge in [-0.1, -0.05) is 36.4 Å². The van der Waals surface area contributed by atoms with E-state index in [-0.39, 0.29) is 18.4 Å². The molecule has 0 aliphatic rings. The number of hydrogen-bond acceptors (Lipinski definition) is 4. The Kier molecular flexibility index (Phi) is 7.26. The summed E-state index contributed by atoms with van der Waals surface area (Å²) in [5.74, 6) is 0.501. The highest BCUT2D eigenvalue weighted by Gasteiger charge is 2.26. The Hall–Kier alpha value is -3.38. The Balaban J connectivity index is 1.68. The van der Waals surface area contributed by atoms with Crippen LogP contribution in [0.3, 0.4) is 0 Å². The van der Waals surface area contributed by atoms with E-state index in [2.05, 4.69) is 5.32 Å².